The number of carbonyl (C=O) groups excluding carboxylic acids is 1. The van der Waals surface area contributed by atoms with Crippen LogP contribution >= 0.6 is 11.6 Å². The van der Waals surface area contributed by atoms with Crippen molar-refractivity contribution in [2.75, 3.05) is 18.9 Å². The molecule has 0 bridgehead atoms. The molecule has 25 heavy (non-hydrogen) atoms. The maximum absolute atomic E-state index is 12.1. The second-order valence-electron chi connectivity index (χ2n) is 5.91. The third-order valence-corrected chi connectivity index (χ3v) is 3.94. The summed E-state index contributed by atoms with van der Waals surface area (Å²) in [5.41, 5.74) is 2.53. The van der Waals surface area contributed by atoms with Gasteiger partial charge in [0.15, 0.2) is 12.3 Å². The van der Waals surface area contributed by atoms with E-state index in [9.17, 15) is 4.79 Å². The van der Waals surface area contributed by atoms with Crippen LogP contribution in [0.1, 0.15) is 5.69 Å². The molecule has 2 N–H and O–H groups in total. The average molecular weight is 357 g/mol. The van der Waals surface area contributed by atoms with E-state index in [0.29, 0.717) is 18.1 Å². The molecule has 1 amide bonds. The summed E-state index contributed by atoms with van der Waals surface area (Å²) in [5, 5.41) is 7.59. The molecule has 1 heterocycles. The van der Waals surface area contributed by atoms with Crippen molar-refractivity contribution in [3.8, 4) is 11.3 Å². The standard InChI is InChI=1S/C19H18ClN3O2/c1-23(13-19(24)21-16-9-7-15(20)8-10-16)12-17-11-18(25-22-17)14-5-3-2-4-6-14/h2-11H,12-13H2,1H3,(H,21,24)/p+1. The van der Waals surface area contributed by atoms with Crippen LogP contribution in [0.15, 0.2) is 65.2 Å². The molecule has 0 aliphatic heterocycles. The molecule has 1 atom stereocenters. The number of hydrogen-bond donors (Lipinski definition) is 2. The Morgan fingerprint density at radius 2 is 1.88 bits per heavy atom. The van der Waals surface area contributed by atoms with Gasteiger partial charge in [0.05, 0.1) is 7.05 Å². The molecule has 6 heteroatoms. The minimum absolute atomic E-state index is 0.0633. The second-order valence-corrected chi connectivity index (χ2v) is 6.35. The fourth-order valence-electron chi connectivity index (χ4n) is 2.52. The van der Waals surface area contributed by atoms with Crippen LogP contribution in [-0.4, -0.2) is 24.7 Å². The molecule has 3 aromatic rings. The lowest BCUT2D eigenvalue weighted by molar-refractivity contribution is -0.885. The van der Waals surface area contributed by atoms with Gasteiger partial charge in [0.25, 0.3) is 5.91 Å². The van der Waals surface area contributed by atoms with Gasteiger partial charge >= 0.3 is 0 Å². The van der Waals surface area contributed by atoms with Crippen LogP contribution in [0.3, 0.4) is 0 Å². The van der Waals surface area contributed by atoms with E-state index in [1.165, 1.54) is 0 Å². The summed E-state index contributed by atoms with van der Waals surface area (Å²) in [4.78, 5) is 13.1. The lowest BCUT2D eigenvalue weighted by atomic mass is 10.1. The van der Waals surface area contributed by atoms with Crippen LogP contribution < -0.4 is 10.2 Å². The maximum atomic E-state index is 12.1. The van der Waals surface area contributed by atoms with E-state index in [4.69, 9.17) is 16.1 Å². The molecule has 0 saturated heterocycles. The number of nitrogens with one attached hydrogen (secondary N) is 2. The predicted octanol–water partition coefficient (Wildman–Crippen LogP) is 2.65. The van der Waals surface area contributed by atoms with E-state index in [1.54, 1.807) is 24.3 Å². The number of quaternary nitrogens is 1. The first-order valence-electron chi connectivity index (χ1n) is 7.98. The van der Waals surface area contributed by atoms with Gasteiger partial charge in [-0.3, -0.25) is 4.79 Å². The van der Waals surface area contributed by atoms with Gasteiger partial charge in [-0.1, -0.05) is 47.1 Å². The third-order valence-electron chi connectivity index (χ3n) is 3.69. The minimum Gasteiger partial charge on any atom is -0.356 e. The van der Waals surface area contributed by atoms with Crippen LogP contribution in [0, 0.1) is 0 Å². The second kappa shape index (κ2) is 7.96. The highest BCUT2D eigenvalue weighted by atomic mass is 35.5. The van der Waals surface area contributed by atoms with Crippen molar-refractivity contribution in [2.45, 2.75) is 6.54 Å². The molecule has 0 fully saturated rings. The van der Waals surface area contributed by atoms with Crippen LogP contribution in [0.5, 0.6) is 0 Å². The highest BCUT2D eigenvalue weighted by Crippen LogP contribution is 2.19. The smallest absolute Gasteiger partial charge is 0.279 e. The Hall–Kier alpha value is -2.63. The van der Waals surface area contributed by atoms with E-state index >= 15 is 0 Å². The fraction of sp³-hybridized carbons (Fsp3) is 0.158. The normalized spacial score (nSPS) is 11.9. The summed E-state index contributed by atoms with van der Waals surface area (Å²) in [5.74, 6) is 0.667. The molecule has 1 unspecified atom stereocenters. The number of aromatic nitrogens is 1. The zero-order valence-corrected chi connectivity index (χ0v) is 14.6. The van der Waals surface area contributed by atoms with Gasteiger partial charge in [-0.2, -0.15) is 0 Å². The van der Waals surface area contributed by atoms with Crippen molar-refractivity contribution >= 4 is 23.2 Å². The number of anilines is 1. The third kappa shape index (κ3) is 4.92. The summed E-state index contributed by atoms with van der Waals surface area (Å²) in [7, 11) is 1.94. The van der Waals surface area contributed by atoms with Gasteiger partial charge in [-0.25, -0.2) is 0 Å². The van der Waals surface area contributed by atoms with E-state index in [0.717, 1.165) is 27.6 Å². The quantitative estimate of drug-likeness (QED) is 0.714. The van der Waals surface area contributed by atoms with Crippen molar-refractivity contribution in [3.05, 3.63) is 71.4 Å². The Bertz CT molecular complexity index is 831. The summed E-state index contributed by atoms with van der Waals surface area (Å²) >= 11 is 5.84. The van der Waals surface area contributed by atoms with E-state index in [2.05, 4.69) is 10.5 Å². The lowest BCUT2D eigenvalue weighted by Crippen LogP contribution is -3.08. The largest absolute Gasteiger partial charge is 0.356 e. The number of nitrogens with zero attached hydrogens (tertiary/aromatic N) is 1. The monoisotopic (exact) mass is 356 g/mol. The molecule has 0 saturated carbocycles. The SMILES string of the molecule is C[NH+](CC(=O)Nc1ccc(Cl)cc1)Cc1cc(-c2ccccc2)on1. The summed E-state index contributed by atoms with van der Waals surface area (Å²) < 4.78 is 5.39. The average Bonchev–Trinajstić information content (AvgIpc) is 3.06. The maximum Gasteiger partial charge on any atom is 0.279 e. The molecule has 3 rings (SSSR count). The van der Waals surface area contributed by atoms with Crippen LogP contribution in [0.25, 0.3) is 11.3 Å². The number of benzene rings is 2. The minimum atomic E-state index is -0.0633. The van der Waals surface area contributed by atoms with Gasteiger partial charge in [-0.15, -0.1) is 0 Å². The topological polar surface area (TPSA) is 59.6 Å². The molecule has 128 valence electrons. The van der Waals surface area contributed by atoms with Crippen molar-refractivity contribution in [1.29, 1.82) is 0 Å². The Kier molecular flexibility index (Phi) is 5.48. The van der Waals surface area contributed by atoms with Gasteiger partial charge in [0, 0.05) is 22.3 Å². The summed E-state index contributed by atoms with van der Waals surface area (Å²) in [6.07, 6.45) is 0. The van der Waals surface area contributed by atoms with Crippen molar-refractivity contribution in [3.63, 3.8) is 0 Å². The number of halogens is 1. The number of hydrogen-bond acceptors (Lipinski definition) is 3. The lowest BCUT2D eigenvalue weighted by Gasteiger charge is -2.12. The molecule has 0 radical (unpaired) electrons. The van der Waals surface area contributed by atoms with E-state index in [1.807, 2.05) is 43.4 Å². The number of carbonyl (C=O) groups is 1. The first-order valence-corrected chi connectivity index (χ1v) is 8.35. The zero-order chi connectivity index (χ0) is 17.6. The van der Waals surface area contributed by atoms with Gasteiger partial charge in [0.1, 0.15) is 12.2 Å². The Morgan fingerprint density at radius 1 is 1.16 bits per heavy atom. The highest BCUT2D eigenvalue weighted by molar-refractivity contribution is 6.30. The summed E-state index contributed by atoms with van der Waals surface area (Å²) in [6.45, 7) is 0.931. The molecule has 0 aliphatic rings. The van der Waals surface area contributed by atoms with Crippen molar-refractivity contribution < 1.29 is 14.2 Å². The molecule has 1 aromatic heterocycles. The number of amides is 1. The van der Waals surface area contributed by atoms with Crippen molar-refractivity contribution in [2.24, 2.45) is 0 Å². The molecule has 0 aliphatic carbocycles. The van der Waals surface area contributed by atoms with Crippen molar-refractivity contribution in [1.82, 2.24) is 5.16 Å². The number of rotatable bonds is 6. The Labute approximate surface area is 151 Å². The number of likely N-dealkylation sites (N-methyl/N-ethyl adjacent to an activating group) is 1. The van der Waals surface area contributed by atoms with E-state index in [-0.39, 0.29) is 5.91 Å². The first kappa shape index (κ1) is 17.2. The molecule has 5 nitrogen and oxygen atoms in total. The van der Waals surface area contributed by atoms with Gasteiger partial charge < -0.3 is 14.7 Å². The van der Waals surface area contributed by atoms with Crippen LogP contribution in [0.2, 0.25) is 5.02 Å². The summed E-state index contributed by atoms with van der Waals surface area (Å²) in [6, 6.07) is 18.8. The Morgan fingerprint density at radius 3 is 2.60 bits per heavy atom. The molecule has 0 spiro atoms. The van der Waals surface area contributed by atoms with Gasteiger partial charge in [-0.05, 0) is 24.3 Å². The van der Waals surface area contributed by atoms with E-state index < -0.39 is 0 Å². The van der Waals surface area contributed by atoms with Gasteiger partial charge in [0.2, 0.25) is 0 Å². The molecular weight excluding hydrogens is 338 g/mol. The Balaban J connectivity index is 1.54. The molecule has 2 aromatic carbocycles. The first-order chi connectivity index (χ1) is 12.1. The fourth-order valence-corrected chi connectivity index (χ4v) is 2.64. The highest BCUT2D eigenvalue weighted by Gasteiger charge is 2.14. The predicted molar refractivity (Wildman–Crippen MR) is 97.5 cm³/mol. The zero-order valence-electron chi connectivity index (χ0n) is 13.8. The van der Waals surface area contributed by atoms with Crippen LogP contribution in [-0.2, 0) is 11.3 Å². The molecular formula is C19H19ClN3O2+. The van der Waals surface area contributed by atoms with Crippen LogP contribution in [0.4, 0.5) is 5.69 Å².